The highest BCUT2D eigenvalue weighted by atomic mass is 16.5. The Hall–Kier alpha value is -3.35. The second-order valence-electron chi connectivity index (χ2n) is 6.64. The lowest BCUT2D eigenvalue weighted by Crippen LogP contribution is -2.35. The maximum atomic E-state index is 12.2. The van der Waals surface area contributed by atoms with E-state index in [1.807, 2.05) is 25.1 Å². The van der Waals surface area contributed by atoms with E-state index in [0.717, 1.165) is 29.0 Å². The molecule has 1 fully saturated rings. The van der Waals surface area contributed by atoms with Crippen LogP contribution in [0.5, 0.6) is 5.75 Å². The lowest BCUT2D eigenvalue weighted by atomic mass is 10.1. The molecule has 1 aliphatic heterocycles. The van der Waals surface area contributed by atoms with E-state index in [1.54, 1.807) is 36.3 Å². The van der Waals surface area contributed by atoms with Crippen molar-refractivity contribution >= 4 is 29.1 Å². The lowest BCUT2D eigenvalue weighted by Gasteiger charge is -2.19. The number of aryl methyl sites for hydroxylation is 1. The monoisotopic (exact) mass is 381 g/mol. The number of nitrogens with one attached hydrogen (secondary N) is 2. The quantitative estimate of drug-likeness (QED) is 0.779. The molecule has 2 aromatic rings. The molecular formula is C21H23N3O4. The lowest BCUT2D eigenvalue weighted by molar-refractivity contribution is -0.136. The van der Waals surface area contributed by atoms with Crippen molar-refractivity contribution in [1.29, 1.82) is 0 Å². The number of carbonyl (C=O) groups is 3. The van der Waals surface area contributed by atoms with Crippen molar-refractivity contribution in [3.8, 4) is 5.75 Å². The van der Waals surface area contributed by atoms with Crippen molar-refractivity contribution in [1.82, 2.24) is 5.32 Å². The smallest absolute Gasteiger partial charge is 0.313 e. The molecule has 28 heavy (non-hydrogen) atoms. The van der Waals surface area contributed by atoms with E-state index in [9.17, 15) is 14.4 Å². The van der Waals surface area contributed by atoms with Crippen LogP contribution in [0.2, 0.25) is 0 Å². The molecule has 0 bridgehead atoms. The number of amides is 3. The van der Waals surface area contributed by atoms with Gasteiger partial charge in [-0.25, -0.2) is 0 Å². The van der Waals surface area contributed by atoms with E-state index >= 15 is 0 Å². The molecule has 1 saturated heterocycles. The largest absolute Gasteiger partial charge is 0.497 e. The summed E-state index contributed by atoms with van der Waals surface area (Å²) in [5.41, 5.74) is 3.04. The van der Waals surface area contributed by atoms with Crippen molar-refractivity contribution in [2.24, 2.45) is 0 Å². The van der Waals surface area contributed by atoms with Crippen LogP contribution in [0.1, 0.15) is 24.0 Å². The van der Waals surface area contributed by atoms with Gasteiger partial charge in [0.2, 0.25) is 5.91 Å². The van der Waals surface area contributed by atoms with E-state index in [1.165, 1.54) is 0 Å². The Morgan fingerprint density at radius 2 is 1.86 bits per heavy atom. The Morgan fingerprint density at radius 1 is 1.11 bits per heavy atom. The molecule has 2 N–H and O–H groups in total. The van der Waals surface area contributed by atoms with Crippen LogP contribution in [0.15, 0.2) is 42.5 Å². The van der Waals surface area contributed by atoms with Gasteiger partial charge in [-0.3, -0.25) is 14.4 Å². The minimum absolute atomic E-state index is 0.0730. The fraction of sp³-hybridized carbons (Fsp3) is 0.286. The predicted molar refractivity (Wildman–Crippen MR) is 106 cm³/mol. The number of rotatable bonds is 5. The van der Waals surface area contributed by atoms with Crippen molar-refractivity contribution in [3.05, 3.63) is 53.6 Å². The number of carbonyl (C=O) groups excluding carboxylic acids is 3. The third-order valence-electron chi connectivity index (χ3n) is 4.65. The van der Waals surface area contributed by atoms with Gasteiger partial charge in [0, 0.05) is 30.9 Å². The Bertz CT molecular complexity index is 893. The van der Waals surface area contributed by atoms with Crippen molar-refractivity contribution in [2.45, 2.75) is 26.3 Å². The Morgan fingerprint density at radius 3 is 2.50 bits per heavy atom. The van der Waals surface area contributed by atoms with Crippen LogP contribution in [-0.2, 0) is 20.9 Å². The molecule has 3 amide bonds. The van der Waals surface area contributed by atoms with Gasteiger partial charge in [0.15, 0.2) is 0 Å². The molecule has 0 spiro atoms. The van der Waals surface area contributed by atoms with Gasteiger partial charge in [-0.2, -0.15) is 0 Å². The van der Waals surface area contributed by atoms with E-state index < -0.39 is 11.8 Å². The van der Waals surface area contributed by atoms with E-state index in [4.69, 9.17) is 4.74 Å². The molecule has 7 heteroatoms. The minimum atomic E-state index is -0.754. The van der Waals surface area contributed by atoms with Gasteiger partial charge in [0.1, 0.15) is 5.75 Å². The summed E-state index contributed by atoms with van der Waals surface area (Å²) in [6.45, 7) is 2.81. The zero-order valence-corrected chi connectivity index (χ0v) is 16.0. The third kappa shape index (κ3) is 4.49. The molecule has 2 aromatic carbocycles. The number of hydrogen-bond acceptors (Lipinski definition) is 4. The molecule has 0 aliphatic carbocycles. The standard InChI is InChI=1S/C21H23N3O4/c1-14-5-8-16(12-18(14)24-11-3-4-19(24)25)23-21(27)20(26)22-13-15-6-9-17(28-2)10-7-15/h5-10,12H,3-4,11,13H2,1-2H3,(H,22,26)(H,23,27). The second-order valence-corrected chi connectivity index (χ2v) is 6.64. The number of methoxy groups -OCH3 is 1. The van der Waals surface area contributed by atoms with Crippen LogP contribution in [0.4, 0.5) is 11.4 Å². The normalized spacial score (nSPS) is 13.4. The topological polar surface area (TPSA) is 87.7 Å². The average Bonchev–Trinajstić information content (AvgIpc) is 3.13. The average molecular weight is 381 g/mol. The highest BCUT2D eigenvalue weighted by Gasteiger charge is 2.23. The summed E-state index contributed by atoms with van der Waals surface area (Å²) in [6, 6.07) is 12.5. The van der Waals surface area contributed by atoms with Crippen molar-refractivity contribution in [3.63, 3.8) is 0 Å². The number of nitrogens with zero attached hydrogens (tertiary/aromatic N) is 1. The van der Waals surface area contributed by atoms with Crippen LogP contribution < -0.4 is 20.3 Å². The summed E-state index contributed by atoms with van der Waals surface area (Å²) >= 11 is 0. The minimum Gasteiger partial charge on any atom is -0.497 e. The number of anilines is 2. The highest BCUT2D eigenvalue weighted by molar-refractivity contribution is 6.39. The first kappa shape index (κ1) is 19.4. The van der Waals surface area contributed by atoms with Gasteiger partial charge < -0.3 is 20.3 Å². The molecule has 0 unspecified atom stereocenters. The summed E-state index contributed by atoms with van der Waals surface area (Å²) < 4.78 is 5.08. The Kier molecular flexibility index (Phi) is 5.93. The van der Waals surface area contributed by atoms with E-state index in [0.29, 0.717) is 18.7 Å². The molecule has 0 radical (unpaired) electrons. The molecule has 0 saturated carbocycles. The van der Waals surface area contributed by atoms with Crippen molar-refractivity contribution in [2.75, 3.05) is 23.9 Å². The Balaban J connectivity index is 1.60. The summed E-state index contributed by atoms with van der Waals surface area (Å²) in [4.78, 5) is 38.0. The second kappa shape index (κ2) is 8.56. The van der Waals surface area contributed by atoms with Gasteiger partial charge >= 0.3 is 11.8 Å². The molecule has 0 atom stereocenters. The fourth-order valence-corrected chi connectivity index (χ4v) is 3.07. The zero-order chi connectivity index (χ0) is 20.1. The first-order chi connectivity index (χ1) is 13.5. The zero-order valence-electron chi connectivity index (χ0n) is 16.0. The highest BCUT2D eigenvalue weighted by Crippen LogP contribution is 2.28. The summed E-state index contributed by atoms with van der Waals surface area (Å²) in [6.07, 6.45) is 1.35. The van der Waals surface area contributed by atoms with E-state index in [2.05, 4.69) is 10.6 Å². The maximum Gasteiger partial charge on any atom is 0.313 e. The van der Waals surface area contributed by atoms with Crippen LogP contribution >= 0.6 is 0 Å². The fourth-order valence-electron chi connectivity index (χ4n) is 3.07. The van der Waals surface area contributed by atoms with Gasteiger partial charge in [-0.15, -0.1) is 0 Å². The van der Waals surface area contributed by atoms with Crippen LogP contribution in [0.25, 0.3) is 0 Å². The van der Waals surface area contributed by atoms with Crippen LogP contribution in [0, 0.1) is 6.92 Å². The van der Waals surface area contributed by atoms with Crippen LogP contribution in [-0.4, -0.2) is 31.4 Å². The van der Waals surface area contributed by atoms with Gasteiger partial charge in [-0.05, 0) is 48.7 Å². The molecule has 146 valence electrons. The van der Waals surface area contributed by atoms with Crippen LogP contribution in [0.3, 0.4) is 0 Å². The Labute approximate surface area is 163 Å². The van der Waals surface area contributed by atoms with Gasteiger partial charge in [-0.1, -0.05) is 18.2 Å². The van der Waals surface area contributed by atoms with Gasteiger partial charge in [0.05, 0.1) is 7.11 Å². The summed E-state index contributed by atoms with van der Waals surface area (Å²) in [5.74, 6) is -0.686. The first-order valence-corrected chi connectivity index (χ1v) is 9.11. The number of hydrogen-bond donors (Lipinski definition) is 2. The van der Waals surface area contributed by atoms with E-state index in [-0.39, 0.29) is 12.5 Å². The summed E-state index contributed by atoms with van der Waals surface area (Å²) in [5, 5.41) is 5.18. The predicted octanol–water partition coefficient (Wildman–Crippen LogP) is 2.39. The van der Waals surface area contributed by atoms with Gasteiger partial charge in [0.25, 0.3) is 0 Å². The number of ether oxygens (including phenoxy) is 1. The molecule has 0 aromatic heterocycles. The van der Waals surface area contributed by atoms with Crippen molar-refractivity contribution < 1.29 is 19.1 Å². The maximum absolute atomic E-state index is 12.2. The molecule has 3 rings (SSSR count). The number of benzene rings is 2. The molecule has 7 nitrogen and oxygen atoms in total. The molecular weight excluding hydrogens is 358 g/mol. The first-order valence-electron chi connectivity index (χ1n) is 9.11. The molecule has 1 heterocycles. The molecule has 1 aliphatic rings. The third-order valence-corrected chi connectivity index (χ3v) is 4.65. The SMILES string of the molecule is COc1ccc(CNC(=O)C(=O)Nc2ccc(C)c(N3CCCC3=O)c2)cc1. The summed E-state index contributed by atoms with van der Waals surface area (Å²) in [7, 11) is 1.58.